The second-order valence-corrected chi connectivity index (χ2v) is 3.86. The van der Waals surface area contributed by atoms with E-state index in [1.165, 1.54) is 0 Å². The summed E-state index contributed by atoms with van der Waals surface area (Å²) in [6.45, 7) is 1.74. The van der Waals surface area contributed by atoms with Crippen molar-refractivity contribution in [1.29, 1.82) is 0 Å². The summed E-state index contributed by atoms with van der Waals surface area (Å²) in [4.78, 5) is 10.5. The van der Waals surface area contributed by atoms with Crippen LogP contribution in [0.1, 0.15) is 5.69 Å². The van der Waals surface area contributed by atoms with Gasteiger partial charge in [0.2, 0.25) is 0 Å². The largest absolute Gasteiger partial charge is 0.382 e. The van der Waals surface area contributed by atoms with Gasteiger partial charge in [0.05, 0.1) is 25.5 Å². The molecule has 5 nitrogen and oxygen atoms in total. The van der Waals surface area contributed by atoms with Crippen LogP contribution in [-0.4, -0.2) is 29.7 Å². The lowest BCUT2D eigenvalue weighted by Gasteiger charge is -2.02. The van der Waals surface area contributed by atoms with Crippen LogP contribution in [0.15, 0.2) is 17.8 Å². The highest BCUT2D eigenvalue weighted by molar-refractivity contribution is 7.15. The van der Waals surface area contributed by atoms with Crippen LogP contribution in [-0.2, 0) is 16.1 Å². The number of fused-ring (bicyclic) bond motifs is 1. The summed E-state index contributed by atoms with van der Waals surface area (Å²) >= 11 is 1.62. The fraction of sp³-hybridized carbons (Fsp3) is 0.444. The molecule has 1 N–H and O–H groups in total. The van der Waals surface area contributed by atoms with Crippen molar-refractivity contribution in [2.75, 3.05) is 20.3 Å². The maximum Gasteiger partial charge on any atom is 0.193 e. The molecule has 0 aliphatic heterocycles. The third kappa shape index (κ3) is 2.75. The molecule has 0 unspecified atom stereocenters. The Morgan fingerprint density at radius 3 is 3.27 bits per heavy atom. The first-order valence-corrected chi connectivity index (χ1v) is 5.53. The monoisotopic (exact) mass is 227 g/mol. The zero-order chi connectivity index (χ0) is 10.5. The molecule has 0 fully saturated rings. The topological polar surface area (TPSA) is 47.8 Å². The van der Waals surface area contributed by atoms with Gasteiger partial charge in [0.25, 0.3) is 0 Å². The number of imidazole rings is 1. The number of aromatic nitrogens is 2. The Kier molecular flexibility index (Phi) is 3.68. The SMILES string of the molecule is COCCONCc1cn2ccsc2n1. The molecule has 0 aromatic carbocycles. The summed E-state index contributed by atoms with van der Waals surface area (Å²) in [5.41, 5.74) is 3.81. The van der Waals surface area contributed by atoms with Crippen LogP contribution in [0.3, 0.4) is 0 Å². The summed E-state index contributed by atoms with van der Waals surface area (Å²) < 4.78 is 6.84. The lowest BCUT2D eigenvalue weighted by atomic mass is 10.5. The molecule has 0 saturated carbocycles. The van der Waals surface area contributed by atoms with Crippen LogP contribution in [0.5, 0.6) is 0 Å². The zero-order valence-corrected chi connectivity index (χ0v) is 9.29. The van der Waals surface area contributed by atoms with Gasteiger partial charge in [0.1, 0.15) is 0 Å². The molecule has 0 amide bonds. The van der Waals surface area contributed by atoms with E-state index in [0.29, 0.717) is 19.8 Å². The maximum atomic E-state index is 5.13. The average Bonchev–Trinajstić information content (AvgIpc) is 2.77. The Labute approximate surface area is 91.6 Å². The molecular formula is C9H13N3O2S. The van der Waals surface area contributed by atoms with Gasteiger partial charge in [-0.2, -0.15) is 5.48 Å². The minimum Gasteiger partial charge on any atom is -0.382 e. The van der Waals surface area contributed by atoms with Crippen molar-refractivity contribution >= 4 is 16.3 Å². The van der Waals surface area contributed by atoms with Crippen molar-refractivity contribution < 1.29 is 9.57 Å². The molecule has 0 aliphatic carbocycles. The van der Waals surface area contributed by atoms with E-state index < -0.39 is 0 Å². The van der Waals surface area contributed by atoms with Crippen molar-refractivity contribution in [1.82, 2.24) is 14.9 Å². The fourth-order valence-corrected chi connectivity index (χ4v) is 1.90. The third-order valence-corrected chi connectivity index (χ3v) is 2.66. The Balaban J connectivity index is 1.77. The van der Waals surface area contributed by atoms with E-state index in [2.05, 4.69) is 10.5 Å². The van der Waals surface area contributed by atoms with Gasteiger partial charge < -0.3 is 4.74 Å². The van der Waals surface area contributed by atoms with E-state index in [4.69, 9.17) is 9.57 Å². The van der Waals surface area contributed by atoms with Gasteiger partial charge in [-0.25, -0.2) is 4.98 Å². The highest BCUT2D eigenvalue weighted by Crippen LogP contribution is 2.10. The smallest absolute Gasteiger partial charge is 0.193 e. The number of nitrogens with one attached hydrogen (secondary N) is 1. The minimum absolute atomic E-state index is 0.540. The van der Waals surface area contributed by atoms with Crippen LogP contribution < -0.4 is 5.48 Å². The summed E-state index contributed by atoms with van der Waals surface area (Å²) in [5, 5.41) is 2.01. The number of hydroxylamine groups is 1. The minimum atomic E-state index is 0.540. The summed E-state index contributed by atoms with van der Waals surface area (Å²) in [7, 11) is 1.65. The Bertz CT molecular complexity index is 384. The molecule has 0 atom stereocenters. The van der Waals surface area contributed by atoms with E-state index in [1.807, 2.05) is 22.2 Å². The lowest BCUT2D eigenvalue weighted by Crippen LogP contribution is -2.17. The molecule has 0 aliphatic rings. The van der Waals surface area contributed by atoms with Crippen LogP contribution >= 0.6 is 11.3 Å². The van der Waals surface area contributed by atoms with Gasteiger partial charge in [-0.05, 0) is 0 Å². The van der Waals surface area contributed by atoms with E-state index in [9.17, 15) is 0 Å². The normalized spacial score (nSPS) is 11.3. The highest BCUT2D eigenvalue weighted by Gasteiger charge is 2.01. The molecule has 0 radical (unpaired) electrons. The molecule has 15 heavy (non-hydrogen) atoms. The van der Waals surface area contributed by atoms with Crippen LogP contribution in [0.2, 0.25) is 0 Å². The number of hydrogen-bond donors (Lipinski definition) is 1. The molecule has 6 heteroatoms. The first-order chi connectivity index (χ1) is 7.40. The molecule has 0 bridgehead atoms. The van der Waals surface area contributed by atoms with Crippen molar-refractivity contribution in [2.24, 2.45) is 0 Å². The van der Waals surface area contributed by atoms with Gasteiger partial charge in [-0.1, -0.05) is 0 Å². The maximum absolute atomic E-state index is 5.13. The zero-order valence-electron chi connectivity index (χ0n) is 8.47. The number of hydrogen-bond acceptors (Lipinski definition) is 5. The summed E-state index contributed by atoms with van der Waals surface area (Å²) in [5.74, 6) is 0. The molecule has 82 valence electrons. The highest BCUT2D eigenvalue weighted by atomic mass is 32.1. The van der Waals surface area contributed by atoms with Gasteiger partial charge >= 0.3 is 0 Å². The predicted octanol–water partition coefficient (Wildman–Crippen LogP) is 1.06. The van der Waals surface area contributed by atoms with Crippen LogP contribution in [0.25, 0.3) is 4.96 Å². The van der Waals surface area contributed by atoms with Gasteiger partial charge in [-0.3, -0.25) is 9.24 Å². The second kappa shape index (κ2) is 5.22. The lowest BCUT2D eigenvalue weighted by molar-refractivity contribution is 0.00304. The molecule has 2 aromatic heterocycles. The number of nitrogens with zero attached hydrogens (tertiary/aromatic N) is 2. The Hall–Kier alpha value is -0.950. The molecule has 2 rings (SSSR count). The Morgan fingerprint density at radius 1 is 1.53 bits per heavy atom. The fourth-order valence-electron chi connectivity index (χ4n) is 1.18. The first-order valence-electron chi connectivity index (χ1n) is 4.65. The predicted molar refractivity (Wildman–Crippen MR) is 57.7 cm³/mol. The summed E-state index contributed by atoms with van der Waals surface area (Å²) in [6.07, 6.45) is 3.97. The number of thiazole rings is 1. The molecule has 2 heterocycles. The van der Waals surface area contributed by atoms with Crippen LogP contribution in [0.4, 0.5) is 0 Å². The molecule has 2 aromatic rings. The van der Waals surface area contributed by atoms with E-state index in [-0.39, 0.29) is 0 Å². The van der Waals surface area contributed by atoms with E-state index in [1.54, 1.807) is 18.4 Å². The third-order valence-electron chi connectivity index (χ3n) is 1.89. The quantitative estimate of drug-likeness (QED) is 0.592. The standard InChI is InChI=1S/C9H13N3O2S/c1-13-3-4-14-10-6-8-7-12-2-5-15-9(12)11-8/h2,5,7,10H,3-4,6H2,1H3. The van der Waals surface area contributed by atoms with Crippen molar-refractivity contribution in [3.05, 3.63) is 23.5 Å². The van der Waals surface area contributed by atoms with Crippen molar-refractivity contribution in [3.63, 3.8) is 0 Å². The first kappa shape index (κ1) is 10.6. The van der Waals surface area contributed by atoms with Crippen molar-refractivity contribution in [2.45, 2.75) is 6.54 Å². The van der Waals surface area contributed by atoms with E-state index in [0.717, 1.165) is 10.7 Å². The summed E-state index contributed by atoms with van der Waals surface area (Å²) in [6, 6.07) is 0. The van der Waals surface area contributed by atoms with Gasteiger partial charge in [-0.15, -0.1) is 11.3 Å². The van der Waals surface area contributed by atoms with Crippen LogP contribution in [0, 0.1) is 0 Å². The Morgan fingerprint density at radius 2 is 2.47 bits per heavy atom. The van der Waals surface area contributed by atoms with Crippen molar-refractivity contribution in [3.8, 4) is 0 Å². The number of ether oxygens (including phenoxy) is 1. The average molecular weight is 227 g/mol. The molecular weight excluding hydrogens is 214 g/mol. The van der Waals surface area contributed by atoms with Gasteiger partial charge in [0, 0.05) is 24.9 Å². The van der Waals surface area contributed by atoms with Gasteiger partial charge in [0.15, 0.2) is 4.96 Å². The molecule has 0 spiro atoms. The number of rotatable bonds is 6. The second-order valence-electron chi connectivity index (χ2n) is 2.99. The van der Waals surface area contributed by atoms with E-state index >= 15 is 0 Å². The molecule has 0 saturated heterocycles. The number of methoxy groups -OCH3 is 1.